The maximum absolute atomic E-state index is 11.9. The maximum Gasteiger partial charge on any atom is 0.287 e. The Balaban J connectivity index is 2.84. The molecule has 0 atom stereocenters. The van der Waals surface area contributed by atoms with Crippen molar-refractivity contribution in [2.45, 2.75) is 26.8 Å². The van der Waals surface area contributed by atoms with Gasteiger partial charge < -0.3 is 10.2 Å². The molecule has 0 spiro atoms. The number of rotatable bonds is 5. The summed E-state index contributed by atoms with van der Waals surface area (Å²) in [5.41, 5.74) is 0.0133. The number of hydrogen-bond donors (Lipinski definition) is 1. The minimum absolute atomic E-state index is 0.0515. The van der Waals surface area contributed by atoms with Crippen LogP contribution in [0.5, 0.6) is 0 Å². The van der Waals surface area contributed by atoms with Crippen molar-refractivity contribution in [1.82, 2.24) is 14.7 Å². The Kier molecular flexibility index (Phi) is 5.35. The number of anilines is 1. The van der Waals surface area contributed by atoms with Gasteiger partial charge >= 0.3 is 0 Å². The highest BCUT2D eigenvalue weighted by Gasteiger charge is 2.12. The van der Waals surface area contributed by atoms with E-state index in [0.29, 0.717) is 12.2 Å². The molecule has 7 heteroatoms. The molecule has 0 aliphatic carbocycles. The molecular weight excluding hydrogens is 268 g/mol. The molecule has 0 fully saturated rings. The summed E-state index contributed by atoms with van der Waals surface area (Å²) >= 11 is 5.98. The Morgan fingerprint density at radius 3 is 2.74 bits per heavy atom. The van der Waals surface area contributed by atoms with E-state index in [1.54, 1.807) is 11.9 Å². The zero-order valence-electron chi connectivity index (χ0n) is 11.6. The molecule has 0 aliphatic rings. The van der Waals surface area contributed by atoms with Crippen LogP contribution in [0.4, 0.5) is 5.69 Å². The van der Waals surface area contributed by atoms with Crippen molar-refractivity contribution >= 4 is 23.2 Å². The van der Waals surface area contributed by atoms with Crippen LogP contribution in [0.2, 0.25) is 5.02 Å². The molecule has 1 amide bonds. The Hall–Kier alpha value is -1.56. The normalized spacial score (nSPS) is 10.6. The molecule has 0 saturated carbocycles. The summed E-state index contributed by atoms with van der Waals surface area (Å²) in [4.78, 5) is 25.1. The van der Waals surface area contributed by atoms with Crippen molar-refractivity contribution in [2.24, 2.45) is 0 Å². The fourth-order valence-electron chi connectivity index (χ4n) is 1.42. The first-order valence-electron chi connectivity index (χ1n) is 6.13. The molecule has 0 unspecified atom stereocenters. The molecule has 106 valence electrons. The molecule has 1 rings (SSSR count). The standard InChI is InChI=1S/C12H19ClN4O2/c1-5-16(4)10(18)7-14-9-6-15-17(8(2)3)12(19)11(9)13/h6,8,14H,5,7H2,1-4H3. The third kappa shape index (κ3) is 3.70. The second-order valence-electron chi connectivity index (χ2n) is 4.48. The number of halogens is 1. The average Bonchev–Trinajstić information content (AvgIpc) is 2.38. The number of carbonyl (C=O) groups excluding carboxylic acids is 1. The molecule has 6 nitrogen and oxygen atoms in total. The van der Waals surface area contributed by atoms with Crippen molar-refractivity contribution in [1.29, 1.82) is 0 Å². The van der Waals surface area contributed by atoms with Crippen molar-refractivity contribution < 1.29 is 4.79 Å². The lowest BCUT2D eigenvalue weighted by molar-refractivity contribution is -0.127. The van der Waals surface area contributed by atoms with E-state index in [2.05, 4.69) is 10.4 Å². The smallest absolute Gasteiger partial charge is 0.287 e. The van der Waals surface area contributed by atoms with Crippen LogP contribution in [-0.2, 0) is 4.79 Å². The van der Waals surface area contributed by atoms with Crippen molar-refractivity contribution in [3.63, 3.8) is 0 Å². The quantitative estimate of drug-likeness (QED) is 0.888. The SMILES string of the molecule is CCN(C)C(=O)CNc1cnn(C(C)C)c(=O)c1Cl. The van der Waals surface area contributed by atoms with Crippen molar-refractivity contribution in [2.75, 3.05) is 25.5 Å². The van der Waals surface area contributed by atoms with Crippen LogP contribution in [0.1, 0.15) is 26.8 Å². The van der Waals surface area contributed by atoms with E-state index in [4.69, 9.17) is 11.6 Å². The molecule has 19 heavy (non-hydrogen) atoms. The number of hydrogen-bond acceptors (Lipinski definition) is 4. The van der Waals surface area contributed by atoms with E-state index in [9.17, 15) is 9.59 Å². The Morgan fingerprint density at radius 1 is 1.58 bits per heavy atom. The first kappa shape index (κ1) is 15.5. The van der Waals surface area contributed by atoms with Gasteiger partial charge in [-0.1, -0.05) is 11.6 Å². The summed E-state index contributed by atoms with van der Waals surface area (Å²) in [6, 6.07) is -0.0630. The van der Waals surface area contributed by atoms with E-state index in [1.165, 1.54) is 10.9 Å². The largest absolute Gasteiger partial charge is 0.373 e. The first-order chi connectivity index (χ1) is 8.88. The lowest BCUT2D eigenvalue weighted by Crippen LogP contribution is -2.32. The minimum Gasteiger partial charge on any atom is -0.373 e. The molecule has 0 saturated heterocycles. The molecule has 0 aliphatic heterocycles. The number of carbonyl (C=O) groups is 1. The minimum atomic E-state index is -0.363. The van der Waals surface area contributed by atoms with E-state index in [1.807, 2.05) is 20.8 Å². The zero-order valence-corrected chi connectivity index (χ0v) is 12.4. The van der Waals surface area contributed by atoms with Crippen molar-refractivity contribution in [3.8, 4) is 0 Å². The summed E-state index contributed by atoms with van der Waals surface area (Å²) in [7, 11) is 1.71. The fraction of sp³-hybridized carbons (Fsp3) is 0.583. The van der Waals surface area contributed by atoms with Gasteiger partial charge in [-0.05, 0) is 20.8 Å². The topological polar surface area (TPSA) is 67.2 Å². The van der Waals surface area contributed by atoms with E-state index >= 15 is 0 Å². The van der Waals surface area contributed by atoms with Crippen LogP contribution in [0.25, 0.3) is 0 Å². The molecule has 1 heterocycles. The molecule has 0 radical (unpaired) electrons. The highest BCUT2D eigenvalue weighted by atomic mass is 35.5. The highest BCUT2D eigenvalue weighted by Crippen LogP contribution is 2.15. The second kappa shape index (κ2) is 6.56. The van der Waals surface area contributed by atoms with Gasteiger partial charge in [0, 0.05) is 13.6 Å². The summed E-state index contributed by atoms with van der Waals surface area (Å²) in [6.45, 7) is 6.28. The van der Waals surface area contributed by atoms with Crippen LogP contribution in [0, 0.1) is 0 Å². The van der Waals surface area contributed by atoms with Gasteiger partial charge in [-0.2, -0.15) is 5.10 Å². The zero-order chi connectivity index (χ0) is 14.6. The van der Waals surface area contributed by atoms with E-state index in [0.717, 1.165) is 0 Å². The predicted octanol–water partition coefficient (Wildman–Crippen LogP) is 1.37. The van der Waals surface area contributed by atoms with Crippen LogP contribution in [0.15, 0.2) is 11.0 Å². The van der Waals surface area contributed by atoms with Gasteiger partial charge in [0.2, 0.25) is 5.91 Å². The monoisotopic (exact) mass is 286 g/mol. The highest BCUT2D eigenvalue weighted by molar-refractivity contribution is 6.33. The Labute approximate surface area is 117 Å². The summed E-state index contributed by atoms with van der Waals surface area (Å²) in [5.74, 6) is -0.0772. The average molecular weight is 287 g/mol. The second-order valence-corrected chi connectivity index (χ2v) is 4.86. The molecule has 0 aromatic carbocycles. The maximum atomic E-state index is 11.9. The summed E-state index contributed by atoms with van der Waals surface area (Å²) in [6.07, 6.45) is 1.46. The number of amides is 1. The lowest BCUT2D eigenvalue weighted by Gasteiger charge is -2.16. The van der Waals surface area contributed by atoms with Crippen LogP contribution < -0.4 is 10.9 Å². The molecular formula is C12H19ClN4O2. The van der Waals surface area contributed by atoms with Crippen LogP contribution in [-0.4, -0.2) is 40.7 Å². The molecule has 1 N–H and O–H groups in total. The number of nitrogens with zero attached hydrogens (tertiary/aromatic N) is 3. The summed E-state index contributed by atoms with van der Waals surface area (Å²) < 4.78 is 1.30. The molecule has 1 aromatic rings. The predicted molar refractivity (Wildman–Crippen MR) is 75.7 cm³/mol. The Bertz CT molecular complexity index is 513. The van der Waals surface area contributed by atoms with Gasteiger partial charge in [0.25, 0.3) is 5.56 Å². The van der Waals surface area contributed by atoms with Gasteiger partial charge in [0.05, 0.1) is 24.5 Å². The number of aromatic nitrogens is 2. The number of likely N-dealkylation sites (N-methyl/N-ethyl adjacent to an activating group) is 1. The van der Waals surface area contributed by atoms with Gasteiger partial charge in [0.15, 0.2) is 0 Å². The fourth-order valence-corrected chi connectivity index (χ4v) is 1.62. The van der Waals surface area contributed by atoms with Crippen molar-refractivity contribution in [3.05, 3.63) is 21.6 Å². The Morgan fingerprint density at radius 2 is 2.21 bits per heavy atom. The number of nitrogens with one attached hydrogen (secondary N) is 1. The van der Waals surface area contributed by atoms with E-state index < -0.39 is 0 Å². The molecule has 1 aromatic heterocycles. The van der Waals surface area contributed by atoms with Gasteiger partial charge in [-0.25, -0.2) is 4.68 Å². The van der Waals surface area contributed by atoms with Crippen LogP contribution in [0.3, 0.4) is 0 Å². The first-order valence-corrected chi connectivity index (χ1v) is 6.51. The van der Waals surface area contributed by atoms with Gasteiger partial charge in [-0.15, -0.1) is 0 Å². The lowest BCUT2D eigenvalue weighted by atomic mass is 10.4. The van der Waals surface area contributed by atoms with Gasteiger partial charge in [-0.3, -0.25) is 9.59 Å². The third-order valence-electron chi connectivity index (χ3n) is 2.76. The third-order valence-corrected chi connectivity index (χ3v) is 3.13. The van der Waals surface area contributed by atoms with Crippen LogP contribution >= 0.6 is 11.6 Å². The van der Waals surface area contributed by atoms with E-state index in [-0.39, 0.29) is 29.1 Å². The summed E-state index contributed by atoms with van der Waals surface area (Å²) in [5, 5.41) is 6.90. The molecule has 0 bridgehead atoms. The van der Waals surface area contributed by atoms with Gasteiger partial charge in [0.1, 0.15) is 5.02 Å².